The van der Waals surface area contributed by atoms with Gasteiger partial charge in [0.2, 0.25) is 11.8 Å². The van der Waals surface area contributed by atoms with Gasteiger partial charge in [0, 0.05) is 5.02 Å². The average Bonchev–Trinajstić information content (AvgIpc) is 3.08. The van der Waals surface area contributed by atoms with E-state index in [9.17, 15) is 9.59 Å². The summed E-state index contributed by atoms with van der Waals surface area (Å²) in [5.74, 6) is -0.845. The smallest absolute Gasteiger partial charge is 0.240 e. The Bertz CT molecular complexity index is 602. The van der Waals surface area contributed by atoms with Gasteiger partial charge >= 0.3 is 0 Å². The van der Waals surface area contributed by atoms with Gasteiger partial charge in [0.1, 0.15) is 0 Å². The Labute approximate surface area is 121 Å². The van der Waals surface area contributed by atoms with Crippen LogP contribution in [0.5, 0.6) is 0 Å². The predicted octanol–water partition coefficient (Wildman–Crippen LogP) is 2.32. The molecule has 2 bridgehead atoms. The van der Waals surface area contributed by atoms with E-state index in [-0.39, 0.29) is 35.9 Å². The van der Waals surface area contributed by atoms with E-state index in [0.29, 0.717) is 10.7 Å². The maximum Gasteiger partial charge on any atom is 0.240 e. The zero-order valence-electron chi connectivity index (χ0n) is 11.0. The van der Waals surface area contributed by atoms with Crippen LogP contribution in [0.25, 0.3) is 0 Å². The van der Waals surface area contributed by atoms with Gasteiger partial charge in [0.05, 0.1) is 29.7 Å². The zero-order chi connectivity index (χ0) is 14.0. The van der Waals surface area contributed by atoms with Crippen molar-refractivity contribution in [3.63, 3.8) is 0 Å². The summed E-state index contributed by atoms with van der Waals surface area (Å²) < 4.78 is 5.71. The molecule has 0 N–H and O–H groups in total. The Balaban J connectivity index is 1.74. The van der Waals surface area contributed by atoms with E-state index in [1.165, 1.54) is 4.90 Å². The van der Waals surface area contributed by atoms with Crippen molar-refractivity contribution in [3.8, 4) is 0 Å². The third kappa shape index (κ3) is 1.46. The van der Waals surface area contributed by atoms with Crippen molar-refractivity contribution in [3.05, 3.63) is 28.8 Å². The topological polar surface area (TPSA) is 46.6 Å². The highest BCUT2D eigenvalue weighted by molar-refractivity contribution is 6.32. The molecule has 104 valence electrons. The average molecular weight is 292 g/mol. The summed E-state index contributed by atoms with van der Waals surface area (Å²) in [6, 6.07) is 5.30. The van der Waals surface area contributed by atoms with Crippen LogP contribution >= 0.6 is 11.6 Å². The maximum atomic E-state index is 12.6. The summed E-state index contributed by atoms with van der Waals surface area (Å²) in [6.07, 6.45) is 1.61. The Morgan fingerprint density at radius 1 is 1.15 bits per heavy atom. The fourth-order valence-corrected chi connectivity index (χ4v) is 3.86. The van der Waals surface area contributed by atoms with Crippen molar-refractivity contribution in [2.45, 2.75) is 32.0 Å². The number of ether oxygens (including phenoxy) is 1. The summed E-state index contributed by atoms with van der Waals surface area (Å²) >= 11 is 6.10. The highest BCUT2D eigenvalue weighted by atomic mass is 35.5. The van der Waals surface area contributed by atoms with Crippen molar-refractivity contribution in [1.82, 2.24) is 0 Å². The summed E-state index contributed by atoms with van der Waals surface area (Å²) in [5.41, 5.74) is 1.50. The lowest BCUT2D eigenvalue weighted by Gasteiger charge is -2.18. The van der Waals surface area contributed by atoms with E-state index in [4.69, 9.17) is 16.3 Å². The standard InChI is InChI=1S/C15H14ClNO3/c1-7-2-3-8(6-9(7)16)17-14(18)12-10-4-5-11(20-10)13(12)15(17)19/h2-3,6,10-13H,4-5H2,1H3/t10?,11?,12-,13+. The van der Waals surface area contributed by atoms with Gasteiger partial charge in [-0.15, -0.1) is 0 Å². The number of halogens is 1. The Morgan fingerprint density at radius 2 is 1.75 bits per heavy atom. The molecular formula is C15H14ClNO3. The second-order valence-electron chi connectivity index (χ2n) is 5.79. The molecule has 1 aromatic rings. The SMILES string of the molecule is Cc1ccc(N2C(=O)[C@@H]3C4CCC(O4)[C@@H]3C2=O)cc1Cl. The second-order valence-corrected chi connectivity index (χ2v) is 6.19. The zero-order valence-corrected chi connectivity index (χ0v) is 11.8. The minimum atomic E-state index is -0.290. The lowest BCUT2D eigenvalue weighted by atomic mass is 9.81. The molecule has 3 heterocycles. The Morgan fingerprint density at radius 3 is 2.30 bits per heavy atom. The first-order chi connectivity index (χ1) is 9.58. The van der Waals surface area contributed by atoms with Crippen molar-refractivity contribution in [2.75, 3.05) is 4.90 Å². The largest absolute Gasteiger partial charge is 0.373 e. The Kier molecular flexibility index (Phi) is 2.51. The number of fused-ring (bicyclic) bond motifs is 5. The van der Waals surface area contributed by atoms with Crippen LogP contribution in [-0.2, 0) is 14.3 Å². The summed E-state index contributed by atoms with van der Waals surface area (Å²) in [5, 5.41) is 0.569. The number of benzene rings is 1. The molecule has 1 aromatic carbocycles. The molecule has 0 radical (unpaired) electrons. The molecule has 0 saturated carbocycles. The van der Waals surface area contributed by atoms with Gasteiger partial charge in [0.25, 0.3) is 0 Å². The summed E-state index contributed by atoms with van der Waals surface area (Å²) in [7, 11) is 0. The van der Waals surface area contributed by atoms with Gasteiger partial charge in [-0.2, -0.15) is 0 Å². The van der Waals surface area contributed by atoms with Gasteiger partial charge in [0.15, 0.2) is 0 Å². The summed E-state index contributed by atoms with van der Waals surface area (Å²) in [6.45, 7) is 1.89. The molecule has 0 spiro atoms. The lowest BCUT2D eigenvalue weighted by molar-refractivity contribution is -0.124. The number of imide groups is 1. The predicted molar refractivity (Wildman–Crippen MR) is 73.6 cm³/mol. The quantitative estimate of drug-likeness (QED) is 0.746. The lowest BCUT2D eigenvalue weighted by Crippen LogP contribution is -2.34. The van der Waals surface area contributed by atoms with E-state index in [2.05, 4.69) is 0 Å². The number of amides is 2. The number of carbonyl (C=O) groups excluding carboxylic acids is 2. The highest BCUT2D eigenvalue weighted by Gasteiger charge is 2.62. The molecule has 4 nitrogen and oxygen atoms in total. The Hall–Kier alpha value is -1.39. The first kappa shape index (κ1) is 12.4. The number of nitrogens with zero attached hydrogens (tertiary/aromatic N) is 1. The first-order valence-electron chi connectivity index (χ1n) is 6.87. The maximum absolute atomic E-state index is 12.6. The third-order valence-electron chi connectivity index (χ3n) is 4.70. The van der Waals surface area contributed by atoms with Crippen LogP contribution < -0.4 is 4.90 Å². The number of rotatable bonds is 1. The van der Waals surface area contributed by atoms with E-state index < -0.39 is 0 Å². The fraction of sp³-hybridized carbons (Fsp3) is 0.467. The highest BCUT2D eigenvalue weighted by Crippen LogP contribution is 2.49. The van der Waals surface area contributed by atoms with Crippen LogP contribution in [0.4, 0.5) is 5.69 Å². The van der Waals surface area contributed by atoms with Crippen LogP contribution in [0.3, 0.4) is 0 Å². The molecule has 4 atom stereocenters. The van der Waals surface area contributed by atoms with Crippen LogP contribution in [0.2, 0.25) is 5.02 Å². The van der Waals surface area contributed by atoms with Crippen molar-refractivity contribution >= 4 is 29.1 Å². The van der Waals surface area contributed by atoms with Crippen LogP contribution in [-0.4, -0.2) is 24.0 Å². The minimum Gasteiger partial charge on any atom is -0.373 e. The van der Waals surface area contributed by atoms with E-state index in [1.54, 1.807) is 12.1 Å². The molecule has 20 heavy (non-hydrogen) atoms. The fourth-order valence-electron chi connectivity index (χ4n) is 3.69. The molecule has 3 fully saturated rings. The van der Waals surface area contributed by atoms with E-state index >= 15 is 0 Å². The van der Waals surface area contributed by atoms with Gasteiger partial charge in [-0.1, -0.05) is 17.7 Å². The molecule has 0 aliphatic carbocycles. The summed E-state index contributed by atoms with van der Waals surface area (Å²) in [4.78, 5) is 26.4. The third-order valence-corrected chi connectivity index (χ3v) is 5.11. The first-order valence-corrected chi connectivity index (χ1v) is 7.25. The van der Waals surface area contributed by atoms with Crippen molar-refractivity contribution in [2.24, 2.45) is 11.8 Å². The van der Waals surface area contributed by atoms with E-state index in [1.807, 2.05) is 13.0 Å². The number of hydrogen-bond donors (Lipinski definition) is 0. The monoisotopic (exact) mass is 291 g/mol. The molecule has 3 saturated heterocycles. The molecule has 2 amide bonds. The molecule has 5 heteroatoms. The van der Waals surface area contributed by atoms with Gasteiger partial charge < -0.3 is 4.74 Å². The van der Waals surface area contributed by atoms with Gasteiger partial charge in [-0.25, -0.2) is 4.90 Å². The molecule has 0 aromatic heterocycles. The van der Waals surface area contributed by atoms with Crippen LogP contribution in [0.15, 0.2) is 18.2 Å². The molecule has 3 aliphatic heterocycles. The molecule has 4 rings (SSSR count). The second kappa shape index (κ2) is 4.06. The minimum absolute atomic E-state index is 0.0765. The number of anilines is 1. The molecule has 3 aliphatic rings. The molecule has 2 unspecified atom stereocenters. The normalized spacial score (nSPS) is 35.0. The van der Waals surface area contributed by atoms with E-state index in [0.717, 1.165) is 18.4 Å². The van der Waals surface area contributed by atoms with Crippen LogP contribution in [0.1, 0.15) is 18.4 Å². The van der Waals surface area contributed by atoms with Crippen molar-refractivity contribution in [1.29, 1.82) is 0 Å². The molecular weight excluding hydrogens is 278 g/mol. The van der Waals surface area contributed by atoms with Crippen molar-refractivity contribution < 1.29 is 14.3 Å². The number of carbonyl (C=O) groups is 2. The van der Waals surface area contributed by atoms with Gasteiger partial charge in [-0.05, 0) is 37.5 Å². The van der Waals surface area contributed by atoms with Gasteiger partial charge in [-0.3, -0.25) is 9.59 Å². The number of aryl methyl sites for hydroxylation is 1. The van der Waals surface area contributed by atoms with Crippen LogP contribution in [0, 0.1) is 18.8 Å². The number of hydrogen-bond acceptors (Lipinski definition) is 3.